The minimum Gasteiger partial charge on any atom is -0.297 e. The van der Waals surface area contributed by atoms with Crippen molar-refractivity contribution in [3.8, 4) is 0 Å². The second-order valence-corrected chi connectivity index (χ2v) is 8.20. The van der Waals surface area contributed by atoms with Gasteiger partial charge in [-0.15, -0.1) is 0 Å². The molecule has 1 aliphatic rings. The zero-order valence-corrected chi connectivity index (χ0v) is 14.3. The van der Waals surface area contributed by atoms with Gasteiger partial charge in [-0.3, -0.25) is 14.3 Å². The number of H-pyrrole nitrogens is 1. The van der Waals surface area contributed by atoms with E-state index in [9.17, 15) is 9.59 Å². The van der Waals surface area contributed by atoms with Crippen LogP contribution in [-0.4, -0.2) is 9.55 Å². The SMILES string of the molecule is CCc1c(Cl)[nH]c(=O)n(C2CC(C)(C)CC(C)(C)C2)c1=O. The Balaban J connectivity index is 2.57. The third-order valence-corrected chi connectivity index (χ3v) is 4.75. The van der Waals surface area contributed by atoms with Gasteiger partial charge in [-0.25, -0.2) is 4.79 Å². The third kappa shape index (κ3) is 3.25. The van der Waals surface area contributed by atoms with E-state index in [1.165, 1.54) is 4.57 Å². The maximum absolute atomic E-state index is 12.6. The second-order valence-electron chi connectivity index (χ2n) is 7.82. The van der Waals surface area contributed by atoms with Crippen molar-refractivity contribution in [2.45, 2.75) is 66.3 Å². The summed E-state index contributed by atoms with van der Waals surface area (Å²) in [6.07, 6.45) is 3.29. The highest BCUT2D eigenvalue weighted by Gasteiger charge is 2.40. The smallest absolute Gasteiger partial charge is 0.297 e. The number of hydrogen-bond acceptors (Lipinski definition) is 2. The van der Waals surface area contributed by atoms with Crippen LogP contribution in [0, 0.1) is 10.8 Å². The molecule has 0 radical (unpaired) electrons. The molecule has 4 nitrogen and oxygen atoms in total. The molecule has 0 bridgehead atoms. The van der Waals surface area contributed by atoms with Crippen LogP contribution in [0.2, 0.25) is 5.15 Å². The van der Waals surface area contributed by atoms with Gasteiger partial charge in [0.1, 0.15) is 5.15 Å². The van der Waals surface area contributed by atoms with Gasteiger partial charge in [-0.1, -0.05) is 46.2 Å². The molecule has 0 atom stereocenters. The van der Waals surface area contributed by atoms with Crippen molar-refractivity contribution < 1.29 is 0 Å². The summed E-state index contributed by atoms with van der Waals surface area (Å²) in [4.78, 5) is 27.5. The molecule has 1 N–H and O–H groups in total. The van der Waals surface area contributed by atoms with Gasteiger partial charge in [0.05, 0.1) is 5.56 Å². The number of aromatic nitrogens is 2. The average molecular weight is 313 g/mol. The third-order valence-electron chi connectivity index (χ3n) is 4.43. The predicted octanol–water partition coefficient (Wildman–Crippen LogP) is 3.53. The van der Waals surface area contributed by atoms with Gasteiger partial charge in [-0.2, -0.15) is 0 Å². The molecule has 0 spiro atoms. The summed E-state index contributed by atoms with van der Waals surface area (Å²) < 4.78 is 1.40. The monoisotopic (exact) mass is 312 g/mol. The van der Waals surface area contributed by atoms with E-state index >= 15 is 0 Å². The minimum absolute atomic E-state index is 0.0671. The number of aromatic amines is 1. The van der Waals surface area contributed by atoms with Crippen LogP contribution < -0.4 is 11.2 Å². The molecule has 21 heavy (non-hydrogen) atoms. The first-order valence-electron chi connectivity index (χ1n) is 7.59. The molecule has 1 aromatic heterocycles. The lowest BCUT2D eigenvalue weighted by Crippen LogP contribution is -2.45. The van der Waals surface area contributed by atoms with E-state index in [1.807, 2.05) is 6.92 Å². The van der Waals surface area contributed by atoms with Gasteiger partial charge < -0.3 is 0 Å². The Bertz CT molecular complexity index is 639. The standard InChI is InChI=1S/C16H25ClN2O2/c1-6-11-12(17)18-14(21)19(13(11)20)10-7-15(2,3)9-16(4,5)8-10/h10H,6-9H2,1-5H3,(H,18,21). The van der Waals surface area contributed by atoms with Crippen molar-refractivity contribution in [2.24, 2.45) is 10.8 Å². The number of hydrogen-bond donors (Lipinski definition) is 1. The van der Waals surface area contributed by atoms with Gasteiger partial charge >= 0.3 is 5.69 Å². The van der Waals surface area contributed by atoms with Crippen molar-refractivity contribution in [3.05, 3.63) is 31.6 Å². The molecular weight excluding hydrogens is 288 g/mol. The molecule has 0 unspecified atom stereocenters. The van der Waals surface area contributed by atoms with Crippen LogP contribution in [0.15, 0.2) is 9.59 Å². The second kappa shape index (κ2) is 5.31. The first-order chi connectivity index (χ1) is 9.56. The molecule has 0 aromatic carbocycles. The molecule has 1 saturated carbocycles. The van der Waals surface area contributed by atoms with Crippen LogP contribution in [0.25, 0.3) is 0 Å². The first-order valence-corrected chi connectivity index (χ1v) is 7.97. The van der Waals surface area contributed by atoms with E-state index in [0.717, 1.165) is 19.3 Å². The van der Waals surface area contributed by atoms with Crippen molar-refractivity contribution in [3.63, 3.8) is 0 Å². The number of halogens is 1. The quantitative estimate of drug-likeness (QED) is 0.849. The van der Waals surface area contributed by atoms with Gasteiger partial charge in [0, 0.05) is 6.04 Å². The highest BCUT2D eigenvalue weighted by molar-refractivity contribution is 6.30. The lowest BCUT2D eigenvalue weighted by molar-refractivity contribution is 0.0689. The fraction of sp³-hybridized carbons (Fsp3) is 0.750. The van der Waals surface area contributed by atoms with E-state index in [0.29, 0.717) is 12.0 Å². The topological polar surface area (TPSA) is 54.9 Å². The fourth-order valence-corrected chi connectivity index (χ4v) is 4.46. The Labute approximate surface area is 130 Å². The van der Waals surface area contributed by atoms with Gasteiger partial charge in [0.25, 0.3) is 5.56 Å². The number of nitrogens with zero attached hydrogens (tertiary/aromatic N) is 1. The summed E-state index contributed by atoms with van der Waals surface area (Å²) in [5.41, 5.74) is 0.108. The Morgan fingerprint density at radius 1 is 1.19 bits per heavy atom. The van der Waals surface area contributed by atoms with E-state index in [4.69, 9.17) is 11.6 Å². The molecule has 1 heterocycles. The van der Waals surface area contributed by atoms with Crippen LogP contribution in [0.4, 0.5) is 0 Å². The Hall–Kier alpha value is -1.03. The van der Waals surface area contributed by atoms with Crippen molar-refractivity contribution in [1.29, 1.82) is 0 Å². The molecular formula is C16H25ClN2O2. The zero-order chi connectivity index (χ0) is 16.0. The van der Waals surface area contributed by atoms with E-state index in [2.05, 4.69) is 32.7 Å². The van der Waals surface area contributed by atoms with E-state index in [1.54, 1.807) is 0 Å². The summed E-state index contributed by atoms with van der Waals surface area (Å²) in [7, 11) is 0. The molecule has 1 fully saturated rings. The number of rotatable bonds is 2. The average Bonchev–Trinajstić information content (AvgIpc) is 2.23. The highest BCUT2D eigenvalue weighted by atomic mass is 35.5. The van der Waals surface area contributed by atoms with Crippen LogP contribution >= 0.6 is 11.6 Å². The Morgan fingerprint density at radius 2 is 1.71 bits per heavy atom. The molecule has 118 valence electrons. The van der Waals surface area contributed by atoms with Crippen LogP contribution in [0.5, 0.6) is 0 Å². The van der Waals surface area contributed by atoms with Crippen LogP contribution in [0.1, 0.15) is 65.5 Å². The van der Waals surface area contributed by atoms with E-state index < -0.39 is 0 Å². The Morgan fingerprint density at radius 3 is 2.19 bits per heavy atom. The summed E-state index contributed by atoms with van der Waals surface area (Å²) in [6, 6.07) is -0.0671. The Kier molecular flexibility index (Phi) is 4.13. The summed E-state index contributed by atoms with van der Waals surface area (Å²) in [6.45, 7) is 10.7. The van der Waals surface area contributed by atoms with Crippen molar-refractivity contribution in [1.82, 2.24) is 9.55 Å². The van der Waals surface area contributed by atoms with Crippen LogP contribution in [-0.2, 0) is 6.42 Å². The summed E-state index contributed by atoms with van der Waals surface area (Å²) >= 11 is 5.99. The summed E-state index contributed by atoms with van der Waals surface area (Å²) in [5.74, 6) is 0. The molecule has 1 aromatic rings. The molecule has 2 rings (SSSR count). The van der Waals surface area contributed by atoms with Gasteiger partial charge in [-0.05, 0) is 36.5 Å². The maximum Gasteiger partial charge on any atom is 0.329 e. The highest BCUT2D eigenvalue weighted by Crippen LogP contribution is 2.49. The maximum atomic E-state index is 12.6. The van der Waals surface area contributed by atoms with Gasteiger partial charge in [0.2, 0.25) is 0 Å². The minimum atomic E-state index is -0.388. The largest absolute Gasteiger partial charge is 0.329 e. The lowest BCUT2D eigenvalue weighted by atomic mass is 9.63. The zero-order valence-electron chi connectivity index (χ0n) is 13.5. The molecule has 0 amide bonds. The molecule has 5 heteroatoms. The van der Waals surface area contributed by atoms with Gasteiger partial charge in [0.15, 0.2) is 0 Å². The molecule has 0 saturated heterocycles. The molecule has 1 aliphatic carbocycles. The number of nitrogens with one attached hydrogen (secondary N) is 1. The summed E-state index contributed by atoms with van der Waals surface area (Å²) in [5, 5.41) is 0.179. The van der Waals surface area contributed by atoms with Crippen molar-refractivity contribution >= 4 is 11.6 Å². The molecule has 0 aliphatic heterocycles. The normalized spacial score (nSPS) is 21.4. The first kappa shape index (κ1) is 16.3. The fourth-order valence-electron chi connectivity index (χ4n) is 4.17. The lowest BCUT2D eigenvalue weighted by Gasteiger charge is -2.45. The predicted molar refractivity (Wildman–Crippen MR) is 86.2 cm³/mol. The van der Waals surface area contributed by atoms with Crippen LogP contribution in [0.3, 0.4) is 0 Å². The van der Waals surface area contributed by atoms with E-state index in [-0.39, 0.29) is 33.3 Å². The van der Waals surface area contributed by atoms with Crippen molar-refractivity contribution in [2.75, 3.05) is 0 Å².